The number of anilines is 2. The molecule has 30 heavy (non-hydrogen) atoms. The lowest BCUT2D eigenvalue weighted by Gasteiger charge is -2.11. The van der Waals surface area contributed by atoms with Crippen molar-refractivity contribution in [2.75, 3.05) is 16.4 Å². The molecule has 7 nitrogen and oxygen atoms in total. The van der Waals surface area contributed by atoms with Crippen molar-refractivity contribution in [2.24, 2.45) is 0 Å². The van der Waals surface area contributed by atoms with E-state index in [0.29, 0.717) is 33.3 Å². The number of allylic oxidation sites excluding steroid dienone is 1. The molecule has 9 heteroatoms. The molecular weight excluding hydrogens is 420 g/mol. The zero-order valence-electron chi connectivity index (χ0n) is 16.9. The number of nitrogens with one attached hydrogen (secondary N) is 2. The minimum absolute atomic E-state index is 0.0861. The van der Waals surface area contributed by atoms with Gasteiger partial charge in [0.1, 0.15) is 4.83 Å². The Morgan fingerprint density at radius 1 is 1.27 bits per heavy atom. The first kappa shape index (κ1) is 21.8. The first-order valence-electron chi connectivity index (χ1n) is 9.22. The Balaban J connectivity index is 1.79. The number of hydrogen-bond donors (Lipinski definition) is 2. The number of aryl methyl sites for hydroxylation is 2. The van der Waals surface area contributed by atoms with Crippen molar-refractivity contribution in [1.29, 1.82) is 0 Å². The molecule has 156 valence electrons. The molecule has 0 aliphatic heterocycles. The number of rotatable bonds is 7. The molecule has 0 atom stereocenters. The van der Waals surface area contributed by atoms with Crippen LogP contribution in [0.1, 0.15) is 17.4 Å². The van der Waals surface area contributed by atoms with Gasteiger partial charge in [0, 0.05) is 29.7 Å². The van der Waals surface area contributed by atoms with E-state index in [1.807, 2.05) is 13.8 Å². The van der Waals surface area contributed by atoms with Gasteiger partial charge in [-0.15, -0.1) is 17.9 Å². The van der Waals surface area contributed by atoms with Gasteiger partial charge in [-0.25, -0.2) is 4.98 Å². The normalized spacial score (nSPS) is 10.8. The molecule has 0 saturated carbocycles. The van der Waals surface area contributed by atoms with Gasteiger partial charge in [-0.3, -0.25) is 19.0 Å². The maximum Gasteiger partial charge on any atom is 0.263 e. The second-order valence-electron chi connectivity index (χ2n) is 6.66. The maximum absolute atomic E-state index is 13.0. The van der Waals surface area contributed by atoms with Crippen molar-refractivity contribution < 1.29 is 9.59 Å². The van der Waals surface area contributed by atoms with Gasteiger partial charge in [0.15, 0.2) is 5.16 Å². The van der Waals surface area contributed by atoms with Crippen LogP contribution < -0.4 is 16.2 Å². The van der Waals surface area contributed by atoms with Crippen LogP contribution in [-0.4, -0.2) is 27.1 Å². The fourth-order valence-electron chi connectivity index (χ4n) is 2.91. The fourth-order valence-corrected chi connectivity index (χ4v) is 4.79. The van der Waals surface area contributed by atoms with E-state index in [2.05, 4.69) is 22.2 Å². The van der Waals surface area contributed by atoms with Gasteiger partial charge in [0.25, 0.3) is 5.56 Å². The van der Waals surface area contributed by atoms with Crippen LogP contribution >= 0.6 is 23.1 Å². The van der Waals surface area contributed by atoms with Crippen molar-refractivity contribution in [3.8, 4) is 0 Å². The monoisotopic (exact) mass is 442 g/mol. The number of benzene rings is 1. The lowest BCUT2D eigenvalue weighted by Crippen LogP contribution is -2.23. The molecule has 3 rings (SSSR count). The predicted octanol–water partition coefficient (Wildman–Crippen LogP) is 3.95. The number of aromatic nitrogens is 2. The third-order valence-electron chi connectivity index (χ3n) is 4.36. The molecule has 0 aliphatic carbocycles. The summed E-state index contributed by atoms with van der Waals surface area (Å²) in [6.07, 6.45) is 1.64. The summed E-state index contributed by atoms with van der Waals surface area (Å²) in [7, 11) is 0. The average molecular weight is 443 g/mol. The van der Waals surface area contributed by atoms with Crippen LogP contribution in [0.4, 0.5) is 11.4 Å². The Morgan fingerprint density at radius 3 is 2.63 bits per heavy atom. The van der Waals surface area contributed by atoms with E-state index in [4.69, 9.17) is 0 Å². The minimum Gasteiger partial charge on any atom is -0.326 e. The Hall–Kier alpha value is -2.91. The Kier molecular flexibility index (Phi) is 6.73. The number of carbonyl (C=O) groups excluding carboxylic acids is 2. The molecule has 0 bridgehead atoms. The van der Waals surface area contributed by atoms with Crippen LogP contribution in [0.3, 0.4) is 0 Å². The molecule has 0 saturated heterocycles. The highest BCUT2D eigenvalue weighted by molar-refractivity contribution is 7.99. The molecule has 3 aromatic rings. The van der Waals surface area contributed by atoms with E-state index in [-0.39, 0.29) is 23.1 Å². The smallest absolute Gasteiger partial charge is 0.263 e. The number of nitrogens with zero attached hydrogens (tertiary/aromatic N) is 2. The summed E-state index contributed by atoms with van der Waals surface area (Å²) in [5.74, 6) is -0.337. The largest absolute Gasteiger partial charge is 0.326 e. The Bertz CT molecular complexity index is 1200. The van der Waals surface area contributed by atoms with E-state index in [1.54, 1.807) is 34.9 Å². The molecule has 0 fully saturated rings. The van der Waals surface area contributed by atoms with Crippen molar-refractivity contribution in [2.45, 2.75) is 32.5 Å². The van der Waals surface area contributed by atoms with E-state index in [1.165, 1.54) is 30.0 Å². The minimum atomic E-state index is -0.238. The average Bonchev–Trinajstić information content (AvgIpc) is 2.96. The van der Waals surface area contributed by atoms with Gasteiger partial charge in [-0.05, 0) is 37.6 Å². The van der Waals surface area contributed by atoms with Crippen LogP contribution in [0.5, 0.6) is 0 Å². The van der Waals surface area contributed by atoms with Crippen LogP contribution in [0, 0.1) is 13.8 Å². The van der Waals surface area contributed by atoms with Crippen LogP contribution in [0.25, 0.3) is 10.2 Å². The molecule has 0 radical (unpaired) electrons. The van der Waals surface area contributed by atoms with E-state index in [0.717, 1.165) is 10.4 Å². The van der Waals surface area contributed by atoms with E-state index in [9.17, 15) is 14.4 Å². The SMILES string of the molecule is C=CCn1c(SCC(=O)Nc2cccc(NC(C)=O)c2)nc2sc(C)c(C)c2c1=O. The van der Waals surface area contributed by atoms with Crippen molar-refractivity contribution in [1.82, 2.24) is 9.55 Å². The summed E-state index contributed by atoms with van der Waals surface area (Å²) in [5, 5.41) is 6.58. The molecule has 2 heterocycles. The second-order valence-corrected chi connectivity index (χ2v) is 8.81. The quantitative estimate of drug-likeness (QED) is 0.328. The van der Waals surface area contributed by atoms with Crippen molar-refractivity contribution >= 4 is 56.5 Å². The zero-order valence-corrected chi connectivity index (χ0v) is 18.6. The maximum atomic E-state index is 13.0. The number of fused-ring (bicyclic) bond motifs is 1. The number of carbonyl (C=O) groups is 2. The van der Waals surface area contributed by atoms with Crippen LogP contribution in [0.15, 0.2) is 46.9 Å². The zero-order chi connectivity index (χ0) is 21.8. The number of hydrogen-bond acceptors (Lipinski definition) is 6. The lowest BCUT2D eigenvalue weighted by atomic mass is 10.2. The summed E-state index contributed by atoms with van der Waals surface area (Å²) in [6, 6.07) is 6.90. The van der Waals surface area contributed by atoms with Crippen molar-refractivity contribution in [3.05, 3.63) is 57.7 Å². The highest BCUT2D eigenvalue weighted by Crippen LogP contribution is 2.28. The number of thiophene rings is 1. The third kappa shape index (κ3) is 4.80. The Labute approximate surface area is 182 Å². The third-order valence-corrected chi connectivity index (χ3v) is 6.44. The summed E-state index contributed by atoms with van der Waals surface area (Å²) in [4.78, 5) is 43.0. The van der Waals surface area contributed by atoms with E-state index >= 15 is 0 Å². The van der Waals surface area contributed by atoms with Gasteiger partial charge < -0.3 is 10.6 Å². The molecule has 2 amide bonds. The highest BCUT2D eigenvalue weighted by atomic mass is 32.2. The first-order valence-corrected chi connectivity index (χ1v) is 11.0. The summed E-state index contributed by atoms with van der Waals surface area (Å²) in [6.45, 7) is 9.35. The predicted molar refractivity (Wildman–Crippen MR) is 124 cm³/mol. The standard InChI is InChI=1S/C21H22N4O3S2/c1-5-9-25-20(28)18-12(2)13(3)30-19(18)24-21(25)29-11-17(27)23-16-8-6-7-15(10-16)22-14(4)26/h5-8,10H,1,9,11H2,2-4H3,(H,22,26)(H,23,27). The second kappa shape index (κ2) is 9.27. The number of thioether (sulfide) groups is 1. The van der Waals surface area contributed by atoms with Crippen LogP contribution in [0.2, 0.25) is 0 Å². The molecule has 0 aliphatic rings. The Morgan fingerprint density at radius 2 is 1.97 bits per heavy atom. The molecule has 2 aromatic heterocycles. The lowest BCUT2D eigenvalue weighted by molar-refractivity contribution is -0.114. The van der Waals surface area contributed by atoms with Gasteiger partial charge in [-0.1, -0.05) is 23.9 Å². The molecule has 1 aromatic carbocycles. The van der Waals surface area contributed by atoms with Gasteiger partial charge in [-0.2, -0.15) is 0 Å². The highest BCUT2D eigenvalue weighted by Gasteiger charge is 2.17. The summed E-state index contributed by atoms with van der Waals surface area (Å²) < 4.78 is 1.55. The molecular formula is C21H22N4O3S2. The van der Waals surface area contributed by atoms with E-state index < -0.39 is 0 Å². The molecule has 0 spiro atoms. The van der Waals surface area contributed by atoms with Gasteiger partial charge >= 0.3 is 0 Å². The number of amides is 2. The summed E-state index contributed by atoms with van der Waals surface area (Å²) >= 11 is 2.68. The molecule has 2 N–H and O–H groups in total. The van der Waals surface area contributed by atoms with Gasteiger partial charge in [0.05, 0.1) is 11.1 Å². The van der Waals surface area contributed by atoms with Gasteiger partial charge in [0.2, 0.25) is 11.8 Å². The fraction of sp³-hybridized carbons (Fsp3) is 0.238. The first-order chi connectivity index (χ1) is 14.3. The van der Waals surface area contributed by atoms with Crippen LogP contribution in [-0.2, 0) is 16.1 Å². The van der Waals surface area contributed by atoms with Crippen molar-refractivity contribution in [3.63, 3.8) is 0 Å². The topological polar surface area (TPSA) is 93.1 Å². The summed E-state index contributed by atoms with van der Waals surface area (Å²) in [5.41, 5.74) is 2.00. The molecule has 0 unspecified atom stereocenters.